The number of nitrogens with one attached hydrogen (secondary N) is 1. The molecule has 0 unspecified atom stereocenters. The van der Waals surface area contributed by atoms with Crippen molar-refractivity contribution >= 4 is 24.3 Å². The minimum absolute atomic E-state index is 0.140. The van der Waals surface area contributed by atoms with Gasteiger partial charge in [0.1, 0.15) is 0 Å². The Bertz CT molecular complexity index is 423. The number of thiol groups is 1. The summed E-state index contributed by atoms with van der Waals surface area (Å²) >= 11 is 3.99. The van der Waals surface area contributed by atoms with E-state index < -0.39 is 0 Å². The van der Waals surface area contributed by atoms with Crippen molar-refractivity contribution in [3.05, 3.63) is 47.5 Å². The van der Waals surface area contributed by atoms with Gasteiger partial charge in [-0.1, -0.05) is 18.7 Å². The lowest BCUT2D eigenvalue weighted by molar-refractivity contribution is 0.0961. The lowest BCUT2D eigenvalue weighted by Gasteiger charge is -2.03. The zero-order valence-electron chi connectivity index (χ0n) is 8.99. The van der Waals surface area contributed by atoms with Gasteiger partial charge in [0.2, 0.25) is 0 Å². The maximum atomic E-state index is 11.7. The molecule has 0 saturated heterocycles. The molecule has 0 aromatic heterocycles. The summed E-state index contributed by atoms with van der Waals surface area (Å²) in [5.41, 5.74) is 1.48. The standard InChI is InChI=1S/C12H13NO2S/c1-8(7-16)11(14)9-3-5-10(6-4-9)12(15)13-2/h3-6,16H,1,7H2,2H3,(H,13,15). The number of rotatable bonds is 4. The Morgan fingerprint density at radius 2 is 1.75 bits per heavy atom. The van der Waals surface area contributed by atoms with E-state index in [1.54, 1.807) is 31.3 Å². The van der Waals surface area contributed by atoms with E-state index in [2.05, 4.69) is 24.5 Å². The summed E-state index contributed by atoms with van der Waals surface area (Å²) in [6.45, 7) is 3.62. The molecule has 0 radical (unpaired) electrons. The van der Waals surface area contributed by atoms with Crippen LogP contribution in [0.15, 0.2) is 36.4 Å². The summed E-state index contributed by atoms with van der Waals surface area (Å²) in [5.74, 6) is 0.0150. The van der Waals surface area contributed by atoms with Gasteiger partial charge in [-0.25, -0.2) is 0 Å². The van der Waals surface area contributed by atoms with Crippen LogP contribution in [0.25, 0.3) is 0 Å². The van der Waals surface area contributed by atoms with Gasteiger partial charge >= 0.3 is 0 Å². The van der Waals surface area contributed by atoms with E-state index in [1.807, 2.05) is 0 Å². The molecule has 0 aliphatic carbocycles. The molecule has 0 fully saturated rings. The third-order valence-electron chi connectivity index (χ3n) is 2.15. The first kappa shape index (κ1) is 12.5. The molecule has 0 saturated carbocycles. The van der Waals surface area contributed by atoms with Crippen molar-refractivity contribution in [1.82, 2.24) is 5.32 Å². The number of benzene rings is 1. The first-order valence-electron chi connectivity index (χ1n) is 4.75. The molecule has 1 N–H and O–H groups in total. The van der Waals surface area contributed by atoms with Crippen molar-refractivity contribution in [2.45, 2.75) is 0 Å². The van der Waals surface area contributed by atoms with Gasteiger partial charge < -0.3 is 5.32 Å². The predicted molar refractivity (Wildman–Crippen MR) is 67.2 cm³/mol. The number of ketones is 1. The molecule has 0 spiro atoms. The van der Waals surface area contributed by atoms with Gasteiger partial charge in [0, 0.05) is 29.5 Å². The van der Waals surface area contributed by atoms with Gasteiger partial charge in [-0.15, -0.1) is 0 Å². The van der Waals surface area contributed by atoms with Gasteiger partial charge in [-0.2, -0.15) is 12.6 Å². The number of carbonyl (C=O) groups is 2. The van der Waals surface area contributed by atoms with E-state index in [0.717, 1.165) is 0 Å². The van der Waals surface area contributed by atoms with Crippen LogP contribution in [0.4, 0.5) is 0 Å². The number of carbonyl (C=O) groups excluding carboxylic acids is 2. The highest BCUT2D eigenvalue weighted by molar-refractivity contribution is 7.80. The van der Waals surface area contributed by atoms with Crippen molar-refractivity contribution in [2.24, 2.45) is 0 Å². The van der Waals surface area contributed by atoms with Crippen molar-refractivity contribution in [2.75, 3.05) is 12.8 Å². The molecular formula is C12H13NO2S. The lowest BCUT2D eigenvalue weighted by atomic mass is 10.0. The third-order valence-corrected chi connectivity index (χ3v) is 2.53. The molecule has 0 bridgehead atoms. The summed E-state index contributed by atoms with van der Waals surface area (Å²) in [6, 6.07) is 6.44. The fourth-order valence-corrected chi connectivity index (χ4v) is 1.34. The van der Waals surface area contributed by atoms with Crippen molar-refractivity contribution in [3.8, 4) is 0 Å². The van der Waals surface area contributed by atoms with Crippen LogP contribution in [0.1, 0.15) is 20.7 Å². The SMILES string of the molecule is C=C(CS)C(=O)c1ccc(C(=O)NC)cc1. The van der Waals surface area contributed by atoms with Crippen LogP contribution in [0.2, 0.25) is 0 Å². The molecule has 1 aromatic rings. The Hall–Kier alpha value is -1.55. The Morgan fingerprint density at radius 3 is 2.19 bits per heavy atom. The average molecular weight is 235 g/mol. The molecule has 4 heteroatoms. The summed E-state index contributed by atoms with van der Waals surface area (Å²) in [4.78, 5) is 22.9. The van der Waals surface area contributed by atoms with E-state index in [9.17, 15) is 9.59 Å². The Balaban J connectivity index is 2.91. The van der Waals surface area contributed by atoms with E-state index in [0.29, 0.717) is 22.5 Å². The van der Waals surface area contributed by atoms with Crippen molar-refractivity contribution in [1.29, 1.82) is 0 Å². The van der Waals surface area contributed by atoms with Gasteiger partial charge in [-0.05, 0) is 12.1 Å². The van der Waals surface area contributed by atoms with Crippen LogP contribution in [0.5, 0.6) is 0 Å². The predicted octanol–water partition coefficient (Wildman–Crippen LogP) is 1.71. The van der Waals surface area contributed by atoms with Crippen LogP contribution >= 0.6 is 12.6 Å². The highest BCUT2D eigenvalue weighted by Crippen LogP contribution is 2.10. The van der Waals surface area contributed by atoms with E-state index in [4.69, 9.17) is 0 Å². The normalized spacial score (nSPS) is 9.62. The molecule has 0 atom stereocenters. The summed E-state index contributed by atoms with van der Waals surface area (Å²) < 4.78 is 0. The van der Waals surface area contributed by atoms with E-state index in [1.165, 1.54) is 0 Å². The minimum Gasteiger partial charge on any atom is -0.355 e. The fourth-order valence-electron chi connectivity index (χ4n) is 1.19. The van der Waals surface area contributed by atoms with Crippen LogP contribution in [0, 0.1) is 0 Å². The molecule has 84 valence electrons. The molecule has 1 rings (SSSR count). The molecule has 0 aliphatic rings. The zero-order chi connectivity index (χ0) is 12.1. The topological polar surface area (TPSA) is 46.2 Å². The summed E-state index contributed by atoms with van der Waals surface area (Å²) in [6.07, 6.45) is 0. The first-order chi connectivity index (χ1) is 7.60. The van der Waals surface area contributed by atoms with Crippen LogP contribution < -0.4 is 5.32 Å². The van der Waals surface area contributed by atoms with E-state index >= 15 is 0 Å². The van der Waals surface area contributed by atoms with Crippen LogP contribution in [-0.4, -0.2) is 24.5 Å². The molecule has 1 aromatic carbocycles. The Labute approximate surface area is 100.0 Å². The lowest BCUT2D eigenvalue weighted by Crippen LogP contribution is -2.17. The number of Topliss-reactive ketones (excluding diaryl/α,β-unsaturated/α-hetero) is 1. The highest BCUT2D eigenvalue weighted by atomic mass is 32.1. The highest BCUT2D eigenvalue weighted by Gasteiger charge is 2.09. The maximum absolute atomic E-state index is 11.7. The number of hydrogen-bond donors (Lipinski definition) is 2. The monoisotopic (exact) mass is 235 g/mol. The Kier molecular flexibility index (Phi) is 4.31. The molecule has 3 nitrogen and oxygen atoms in total. The molecule has 16 heavy (non-hydrogen) atoms. The summed E-state index contributed by atoms with van der Waals surface area (Å²) in [5, 5.41) is 2.51. The van der Waals surface area contributed by atoms with Crippen molar-refractivity contribution < 1.29 is 9.59 Å². The van der Waals surface area contributed by atoms with Gasteiger partial charge in [0.15, 0.2) is 5.78 Å². The molecule has 1 amide bonds. The Morgan fingerprint density at radius 1 is 1.25 bits per heavy atom. The second-order valence-electron chi connectivity index (χ2n) is 3.25. The van der Waals surface area contributed by atoms with Gasteiger partial charge in [-0.3, -0.25) is 9.59 Å². The van der Waals surface area contributed by atoms with Crippen LogP contribution in [0.3, 0.4) is 0 Å². The largest absolute Gasteiger partial charge is 0.355 e. The average Bonchev–Trinajstić information content (AvgIpc) is 2.36. The van der Waals surface area contributed by atoms with Crippen LogP contribution in [-0.2, 0) is 0 Å². The maximum Gasteiger partial charge on any atom is 0.251 e. The molecule has 0 heterocycles. The molecule has 0 aliphatic heterocycles. The number of hydrogen-bond acceptors (Lipinski definition) is 3. The second kappa shape index (κ2) is 5.51. The minimum atomic E-state index is -0.174. The molecular weight excluding hydrogens is 222 g/mol. The summed E-state index contributed by atoms with van der Waals surface area (Å²) in [7, 11) is 1.56. The first-order valence-corrected chi connectivity index (χ1v) is 5.39. The fraction of sp³-hybridized carbons (Fsp3) is 0.167. The smallest absolute Gasteiger partial charge is 0.251 e. The van der Waals surface area contributed by atoms with Gasteiger partial charge in [0.05, 0.1) is 0 Å². The number of amides is 1. The van der Waals surface area contributed by atoms with Gasteiger partial charge in [0.25, 0.3) is 5.91 Å². The quantitative estimate of drug-likeness (QED) is 0.474. The van der Waals surface area contributed by atoms with E-state index in [-0.39, 0.29) is 11.7 Å². The third kappa shape index (κ3) is 2.73. The second-order valence-corrected chi connectivity index (χ2v) is 3.56. The zero-order valence-corrected chi connectivity index (χ0v) is 9.88. The van der Waals surface area contributed by atoms with Crippen molar-refractivity contribution in [3.63, 3.8) is 0 Å².